The summed E-state index contributed by atoms with van der Waals surface area (Å²) in [4.78, 5) is 2.17. The molecule has 1 unspecified atom stereocenters. The minimum atomic E-state index is -0.635. The molecule has 1 aliphatic rings. The second-order valence-electron chi connectivity index (χ2n) is 4.99. The molecule has 1 N–H and O–H groups in total. The fourth-order valence-corrected chi connectivity index (χ4v) is 2.83. The van der Waals surface area contributed by atoms with Crippen LogP contribution in [0.5, 0.6) is 0 Å². The molecule has 1 heterocycles. The molecule has 94 valence electrons. The molecule has 0 amide bonds. The fourth-order valence-electron chi connectivity index (χ4n) is 2.51. The van der Waals surface area contributed by atoms with E-state index in [0.29, 0.717) is 23.0 Å². The minimum Gasteiger partial charge on any atom is -0.388 e. The van der Waals surface area contributed by atoms with E-state index in [1.807, 2.05) is 19.2 Å². The van der Waals surface area contributed by atoms with Gasteiger partial charge in [0.25, 0.3) is 0 Å². The van der Waals surface area contributed by atoms with Gasteiger partial charge in [0.15, 0.2) is 0 Å². The number of likely N-dealkylation sites (N-methyl/N-ethyl adjacent to an activating group) is 1. The fraction of sp³-hybridized carbons (Fsp3) is 0.538. The molecule has 0 aliphatic carbocycles. The van der Waals surface area contributed by atoms with Gasteiger partial charge in [0.1, 0.15) is 0 Å². The molecule has 1 fully saturated rings. The normalized spacial score (nSPS) is 26.1. The highest BCUT2D eigenvalue weighted by Crippen LogP contribution is 2.28. The summed E-state index contributed by atoms with van der Waals surface area (Å²) < 4.78 is 0. The summed E-state index contributed by atoms with van der Waals surface area (Å²) in [6, 6.07) is 5.56. The standard InChI is InChI=1S/C13H17Cl2NO/c1-16-6-2-5-13(17,9-16)8-10-3-4-11(14)12(15)7-10/h3-4,7,17H,2,5-6,8-9H2,1H3. The van der Waals surface area contributed by atoms with Crippen LogP contribution in [0.4, 0.5) is 0 Å². The molecule has 2 rings (SSSR count). The second-order valence-corrected chi connectivity index (χ2v) is 5.81. The lowest BCUT2D eigenvalue weighted by atomic mass is 9.87. The zero-order valence-corrected chi connectivity index (χ0v) is 11.4. The maximum absolute atomic E-state index is 10.5. The summed E-state index contributed by atoms with van der Waals surface area (Å²) in [5, 5.41) is 11.6. The van der Waals surface area contributed by atoms with Crippen LogP contribution in [0.3, 0.4) is 0 Å². The third-order valence-electron chi connectivity index (χ3n) is 3.26. The molecule has 0 saturated carbocycles. The number of aliphatic hydroxyl groups is 1. The number of nitrogens with zero attached hydrogens (tertiary/aromatic N) is 1. The number of piperidine rings is 1. The quantitative estimate of drug-likeness (QED) is 0.896. The van der Waals surface area contributed by atoms with Gasteiger partial charge in [-0.3, -0.25) is 0 Å². The zero-order valence-electron chi connectivity index (χ0n) is 9.92. The smallest absolute Gasteiger partial charge is 0.0814 e. The van der Waals surface area contributed by atoms with Crippen molar-refractivity contribution in [2.75, 3.05) is 20.1 Å². The van der Waals surface area contributed by atoms with E-state index in [-0.39, 0.29) is 0 Å². The van der Waals surface area contributed by atoms with Crippen molar-refractivity contribution in [2.24, 2.45) is 0 Å². The Morgan fingerprint density at radius 2 is 2.12 bits per heavy atom. The Hall–Kier alpha value is -0.280. The predicted molar refractivity (Wildman–Crippen MR) is 71.8 cm³/mol. The molecule has 1 aliphatic heterocycles. The van der Waals surface area contributed by atoms with Gasteiger partial charge in [0, 0.05) is 13.0 Å². The van der Waals surface area contributed by atoms with Crippen molar-refractivity contribution >= 4 is 23.2 Å². The molecule has 1 atom stereocenters. The Bertz CT molecular complexity index is 410. The molecule has 1 aromatic rings. The Labute approximate surface area is 112 Å². The van der Waals surface area contributed by atoms with Crippen LogP contribution < -0.4 is 0 Å². The van der Waals surface area contributed by atoms with Crippen molar-refractivity contribution in [1.82, 2.24) is 4.90 Å². The summed E-state index contributed by atoms with van der Waals surface area (Å²) in [6.07, 6.45) is 2.51. The molecular weight excluding hydrogens is 257 g/mol. The van der Waals surface area contributed by atoms with Crippen molar-refractivity contribution < 1.29 is 5.11 Å². The lowest BCUT2D eigenvalue weighted by Crippen LogP contribution is -2.47. The molecule has 17 heavy (non-hydrogen) atoms. The number of hydrogen-bond donors (Lipinski definition) is 1. The van der Waals surface area contributed by atoms with Crippen LogP contribution in [-0.4, -0.2) is 35.7 Å². The molecule has 0 aromatic heterocycles. The van der Waals surface area contributed by atoms with Crippen LogP contribution in [-0.2, 0) is 6.42 Å². The summed E-state index contributed by atoms with van der Waals surface area (Å²) in [7, 11) is 2.04. The van der Waals surface area contributed by atoms with Gasteiger partial charge in [0.05, 0.1) is 15.6 Å². The van der Waals surface area contributed by atoms with E-state index >= 15 is 0 Å². The SMILES string of the molecule is CN1CCCC(O)(Cc2ccc(Cl)c(Cl)c2)C1. The van der Waals surface area contributed by atoms with Crippen molar-refractivity contribution in [1.29, 1.82) is 0 Å². The van der Waals surface area contributed by atoms with Crippen molar-refractivity contribution in [3.8, 4) is 0 Å². The third kappa shape index (κ3) is 3.35. The maximum Gasteiger partial charge on any atom is 0.0814 e. The molecule has 0 radical (unpaired) electrons. The van der Waals surface area contributed by atoms with Gasteiger partial charge in [-0.15, -0.1) is 0 Å². The monoisotopic (exact) mass is 273 g/mol. The number of rotatable bonds is 2. The van der Waals surface area contributed by atoms with Gasteiger partial charge in [-0.05, 0) is 44.1 Å². The van der Waals surface area contributed by atoms with E-state index in [4.69, 9.17) is 23.2 Å². The van der Waals surface area contributed by atoms with E-state index in [1.54, 1.807) is 6.07 Å². The lowest BCUT2D eigenvalue weighted by Gasteiger charge is -2.37. The van der Waals surface area contributed by atoms with Crippen molar-refractivity contribution in [3.63, 3.8) is 0 Å². The van der Waals surface area contributed by atoms with Crippen LogP contribution in [0, 0.1) is 0 Å². The number of hydrogen-bond acceptors (Lipinski definition) is 2. The Balaban J connectivity index is 2.11. The summed E-state index contributed by atoms with van der Waals surface area (Å²) >= 11 is 11.9. The van der Waals surface area contributed by atoms with Crippen molar-refractivity contribution in [3.05, 3.63) is 33.8 Å². The Kier molecular flexibility index (Phi) is 3.99. The molecule has 1 aromatic carbocycles. The van der Waals surface area contributed by atoms with Crippen LogP contribution in [0.15, 0.2) is 18.2 Å². The van der Waals surface area contributed by atoms with E-state index in [2.05, 4.69) is 4.90 Å². The topological polar surface area (TPSA) is 23.5 Å². The average molecular weight is 274 g/mol. The van der Waals surface area contributed by atoms with Crippen LogP contribution in [0.25, 0.3) is 0 Å². The number of likely N-dealkylation sites (tertiary alicyclic amines) is 1. The predicted octanol–water partition coefficient (Wildman–Crippen LogP) is 2.99. The van der Waals surface area contributed by atoms with Crippen LogP contribution >= 0.6 is 23.2 Å². The third-order valence-corrected chi connectivity index (χ3v) is 4.00. The number of halogens is 2. The lowest BCUT2D eigenvalue weighted by molar-refractivity contribution is -0.0223. The zero-order chi connectivity index (χ0) is 12.5. The first-order valence-corrected chi connectivity index (χ1v) is 6.59. The summed E-state index contributed by atoms with van der Waals surface area (Å²) in [5.74, 6) is 0. The van der Waals surface area contributed by atoms with Gasteiger partial charge in [-0.25, -0.2) is 0 Å². The first-order valence-electron chi connectivity index (χ1n) is 5.83. The first kappa shape index (κ1) is 13.2. The summed E-state index contributed by atoms with van der Waals surface area (Å²) in [6.45, 7) is 1.77. The van der Waals surface area contributed by atoms with Gasteiger partial charge >= 0.3 is 0 Å². The van der Waals surface area contributed by atoms with Gasteiger partial charge in [-0.1, -0.05) is 29.3 Å². The van der Waals surface area contributed by atoms with Crippen LogP contribution in [0.2, 0.25) is 10.0 Å². The number of β-amino-alcohol motifs (C(OH)–C–C–N with tert-alkyl or cyclic N) is 1. The van der Waals surface area contributed by atoms with Crippen molar-refractivity contribution in [2.45, 2.75) is 24.9 Å². The van der Waals surface area contributed by atoms with E-state index in [1.165, 1.54) is 0 Å². The van der Waals surface area contributed by atoms with Crippen LogP contribution in [0.1, 0.15) is 18.4 Å². The highest BCUT2D eigenvalue weighted by atomic mass is 35.5. The molecule has 1 saturated heterocycles. The Morgan fingerprint density at radius 3 is 2.76 bits per heavy atom. The first-order chi connectivity index (χ1) is 7.98. The highest BCUT2D eigenvalue weighted by Gasteiger charge is 2.31. The second kappa shape index (κ2) is 5.15. The summed E-state index contributed by atoms with van der Waals surface area (Å²) in [5.41, 5.74) is 0.404. The van der Waals surface area contributed by atoms with E-state index in [9.17, 15) is 5.11 Å². The maximum atomic E-state index is 10.5. The van der Waals surface area contributed by atoms with Gasteiger partial charge in [-0.2, -0.15) is 0 Å². The molecule has 2 nitrogen and oxygen atoms in total. The number of benzene rings is 1. The Morgan fingerprint density at radius 1 is 1.35 bits per heavy atom. The largest absolute Gasteiger partial charge is 0.388 e. The van der Waals surface area contributed by atoms with Gasteiger partial charge in [0.2, 0.25) is 0 Å². The average Bonchev–Trinajstić information content (AvgIpc) is 2.22. The molecule has 0 spiro atoms. The molecule has 4 heteroatoms. The molecular formula is C13H17Cl2NO. The minimum absolute atomic E-state index is 0.553. The van der Waals surface area contributed by atoms with E-state index in [0.717, 1.165) is 24.9 Å². The highest BCUT2D eigenvalue weighted by molar-refractivity contribution is 6.42. The van der Waals surface area contributed by atoms with E-state index < -0.39 is 5.60 Å². The van der Waals surface area contributed by atoms with Gasteiger partial charge < -0.3 is 10.0 Å². The molecule has 0 bridgehead atoms.